The Kier molecular flexibility index (Phi) is 4.61. The van der Waals surface area contributed by atoms with Crippen molar-refractivity contribution in [1.82, 2.24) is 5.43 Å². The van der Waals surface area contributed by atoms with E-state index in [0.717, 1.165) is 0 Å². The monoisotopic (exact) mass is 252 g/mol. The van der Waals surface area contributed by atoms with Gasteiger partial charge in [0.25, 0.3) is 5.69 Å². The van der Waals surface area contributed by atoms with E-state index in [2.05, 4.69) is 5.10 Å². The molecule has 8 heteroatoms. The van der Waals surface area contributed by atoms with Crippen LogP contribution in [-0.2, 0) is 6.42 Å². The average molecular weight is 252 g/mol. The van der Waals surface area contributed by atoms with E-state index in [1.807, 2.05) is 5.43 Å². The van der Waals surface area contributed by atoms with Gasteiger partial charge in [0.1, 0.15) is 5.75 Å². The average Bonchev–Trinajstić information content (AvgIpc) is 2.34. The van der Waals surface area contributed by atoms with E-state index in [1.54, 1.807) is 12.1 Å². The number of primary amides is 1. The molecule has 8 nitrogen and oxygen atoms in total. The molecule has 0 saturated heterocycles. The van der Waals surface area contributed by atoms with Crippen LogP contribution in [-0.4, -0.2) is 24.3 Å². The van der Waals surface area contributed by atoms with Crippen molar-refractivity contribution in [3.8, 4) is 5.75 Å². The van der Waals surface area contributed by atoms with Crippen LogP contribution in [0.4, 0.5) is 10.5 Å². The summed E-state index contributed by atoms with van der Waals surface area (Å²) in [6.07, 6.45) is 1.51. The number of carbonyl (C=O) groups excluding carboxylic acids is 1. The molecule has 0 aliphatic carbocycles. The topological polar surface area (TPSA) is 120 Å². The Hall–Kier alpha value is -2.64. The highest BCUT2D eigenvalue weighted by molar-refractivity contribution is 5.73. The van der Waals surface area contributed by atoms with Crippen molar-refractivity contribution in [3.63, 3.8) is 0 Å². The zero-order chi connectivity index (χ0) is 13.5. The van der Waals surface area contributed by atoms with Crippen LogP contribution in [0.15, 0.2) is 23.3 Å². The van der Waals surface area contributed by atoms with E-state index in [4.69, 9.17) is 10.5 Å². The van der Waals surface area contributed by atoms with E-state index >= 15 is 0 Å². The summed E-state index contributed by atoms with van der Waals surface area (Å²) in [6, 6.07) is 3.70. The number of amides is 2. The van der Waals surface area contributed by atoms with E-state index in [9.17, 15) is 14.9 Å². The smallest absolute Gasteiger partial charge is 0.332 e. The molecule has 0 aliphatic heterocycles. The van der Waals surface area contributed by atoms with Gasteiger partial charge in [0.2, 0.25) is 0 Å². The Morgan fingerprint density at radius 3 is 2.94 bits per heavy atom. The number of nitrogens with one attached hydrogen (secondary N) is 1. The van der Waals surface area contributed by atoms with E-state index in [0.29, 0.717) is 11.3 Å². The van der Waals surface area contributed by atoms with Gasteiger partial charge in [0.05, 0.1) is 18.1 Å². The van der Waals surface area contributed by atoms with Crippen molar-refractivity contribution in [2.24, 2.45) is 10.8 Å². The summed E-state index contributed by atoms with van der Waals surface area (Å²) in [6.45, 7) is 0. The van der Waals surface area contributed by atoms with Crippen LogP contribution in [0, 0.1) is 10.1 Å². The number of nitro groups is 1. The van der Waals surface area contributed by atoms with Crippen molar-refractivity contribution in [3.05, 3.63) is 33.9 Å². The molecule has 3 N–H and O–H groups in total. The molecular weight excluding hydrogens is 240 g/mol. The van der Waals surface area contributed by atoms with Gasteiger partial charge in [-0.15, -0.1) is 0 Å². The number of ether oxygens (including phenoxy) is 1. The Labute approximate surface area is 103 Å². The third kappa shape index (κ3) is 3.74. The number of urea groups is 1. The zero-order valence-electron chi connectivity index (χ0n) is 9.62. The first-order valence-electron chi connectivity index (χ1n) is 4.93. The largest absolute Gasteiger partial charge is 0.497 e. The molecule has 0 bridgehead atoms. The number of hydrazone groups is 1. The van der Waals surface area contributed by atoms with Gasteiger partial charge in [0.15, 0.2) is 0 Å². The maximum Gasteiger partial charge on any atom is 0.332 e. The fraction of sp³-hybridized carbons (Fsp3) is 0.200. The van der Waals surface area contributed by atoms with Gasteiger partial charge >= 0.3 is 6.03 Å². The summed E-state index contributed by atoms with van der Waals surface area (Å²) in [5.74, 6) is 0.401. The number of nitrogens with zero attached hydrogens (tertiary/aromatic N) is 2. The molecule has 96 valence electrons. The number of carbonyl (C=O) groups is 1. The second-order valence-electron chi connectivity index (χ2n) is 3.24. The molecule has 18 heavy (non-hydrogen) atoms. The summed E-state index contributed by atoms with van der Waals surface area (Å²) >= 11 is 0. The van der Waals surface area contributed by atoms with Crippen molar-refractivity contribution in [2.75, 3.05) is 7.11 Å². The first-order valence-corrected chi connectivity index (χ1v) is 4.93. The summed E-state index contributed by atoms with van der Waals surface area (Å²) in [5.41, 5.74) is 7.19. The van der Waals surface area contributed by atoms with Crippen LogP contribution in [0.2, 0.25) is 0 Å². The van der Waals surface area contributed by atoms with Crippen LogP contribution >= 0.6 is 0 Å². The molecule has 0 fully saturated rings. The fourth-order valence-corrected chi connectivity index (χ4v) is 1.27. The molecule has 0 spiro atoms. The molecule has 2 amide bonds. The normalized spacial score (nSPS) is 10.3. The highest BCUT2D eigenvalue weighted by atomic mass is 16.6. The van der Waals surface area contributed by atoms with Crippen molar-refractivity contribution < 1.29 is 14.5 Å². The first-order chi connectivity index (χ1) is 8.54. The number of methoxy groups -OCH3 is 1. The molecule has 0 heterocycles. The van der Waals surface area contributed by atoms with E-state index in [-0.39, 0.29) is 12.1 Å². The molecule has 0 saturated carbocycles. The van der Waals surface area contributed by atoms with Crippen molar-refractivity contribution in [2.45, 2.75) is 6.42 Å². The Morgan fingerprint density at radius 1 is 1.67 bits per heavy atom. The molecule has 1 aromatic carbocycles. The molecule has 0 unspecified atom stereocenters. The minimum atomic E-state index is -0.796. The van der Waals surface area contributed by atoms with Crippen molar-refractivity contribution >= 4 is 17.9 Å². The van der Waals surface area contributed by atoms with Crippen LogP contribution in [0.25, 0.3) is 0 Å². The second kappa shape index (κ2) is 6.18. The maximum atomic E-state index is 10.8. The van der Waals surface area contributed by atoms with Gasteiger partial charge in [-0.2, -0.15) is 5.10 Å². The quantitative estimate of drug-likeness (QED) is 0.457. The van der Waals surface area contributed by atoms with Crippen LogP contribution in [0.3, 0.4) is 0 Å². The summed E-state index contributed by atoms with van der Waals surface area (Å²) in [7, 11) is 1.43. The molecule has 0 aromatic heterocycles. The van der Waals surface area contributed by atoms with Gasteiger partial charge in [-0.25, -0.2) is 10.2 Å². The number of nitrogens with two attached hydrogens (primary N) is 1. The van der Waals surface area contributed by atoms with Crippen molar-refractivity contribution in [1.29, 1.82) is 0 Å². The number of hydrogen-bond acceptors (Lipinski definition) is 5. The zero-order valence-corrected chi connectivity index (χ0v) is 9.62. The predicted molar refractivity (Wildman–Crippen MR) is 64.6 cm³/mol. The first kappa shape index (κ1) is 13.4. The van der Waals surface area contributed by atoms with Gasteiger partial charge < -0.3 is 10.5 Å². The Morgan fingerprint density at radius 2 is 2.39 bits per heavy atom. The molecule has 1 rings (SSSR count). The number of rotatable bonds is 5. The van der Waals surface area contributed by atoms with Gasteiger partial charge in [-0.3, -0.25) is 10.1 Å². The Balaban J connectivity index is 2.84. The fourth-order valence-electron chi connectivity index (χ4n) is 1.27. The molecule has 0 atom stereocenters. The highest BCUT2D eigenvalue weighted by Gasteiger charge is 2.13. The van der Waals surface area contributed by atoms with Crippen LogP contribution < -0.4 is 15.9 Å². The van der Waals surface area contributed by atoms with Gasteiger partial charge in [0, 0.05) is 18.2 Å². The maximum absolute atomic E-state index is 10.8. The van der Waals surface area contributed by atoms with E-state index < -0.39 is 11.0 Å². The van der Waals surface area contributed by atoms with E-state index in [1.165, 1.54) is 19.4 Å². The SMILES string of the molecule is COc1ccc(C/C=N\NC(N)=O)c([N+](=O)[O-])c1. The summed E-state index contributed by atoms with van der Waals surface area (Å²) < 4.78 is 4.91. The van der Waals surface area contributed by atoms with Crippen LogP contribution in [0.1, 0.15) is 5.56 Å². The lowest BCUT2D eigenvalue weighted by molar-refractivity contribution is -0.385. The summed E-state index contributed by atoms with van der Waals surface area (Å²) in [4.78, 5) is 20.7. The summed E-state index contributed by atoms with van der Waals surface area (Å²) in [5, 5.41) is 14.4. The third-order valence-electron chi connectivity index (χ3n) is 2.07. The highest BCUT2D eigenvalue weighted by Crippen LogP contribution is 2.24. The number of nitro benzene ring substituents is 1. The lowest BCUT2D eigenvalue weighted by Crippen LogP contribution is -2.24. The minimum absolute atomic E-state index is 0.0696. The predicted octanol–water partition coefficient (Wildman–Crippen LogP) is 0.800. The minimum Gasteiger partial charge on any atom is -0.497 e. The third-order valence-corrected chi connectivity index (χ3v) is 2.07. The lowest BCUT2D eigenvalue weighted by Gasteiger charge is -2.03. The molecule has 1 aromatic rings. The van der Waals surface area contributed by atoms with Crippen LogP contribution in [0.5, 0.6) is 5.75 Å². The molecule has 0 aliphatic rings. The Bertz CT molecular complexity index is 487. The van der Waals surface area contributed by atoms with Gasteiger partial charge in [-0.1, -0.05) is 0 Å². The second-order valence-corrected chi connectivity index (χ2v) is 3.24. The lowest BCUT2D eigenvalue weighted by atomic mass is 10.1. The molecular formula is C10H12N4O4. The number of benzene rings is 1. The standard InChI is InChI=1S/C10H12N4O4/c1-18-8-3-2-7(9(6-8)14(16)17)4-5-12-13-10(11)15/h2-3,5-6H,4H2,1H3,(H3,11,13,15)/b12-5-. The van der Waals surface area contributed by atoms with Gasteiger partial charge in [-0.05, 0) is 12.1 Å². The number of hydrogen-bond donors (Lipinski definition) is 2. The molecule has 0 radical (unpaired) electrons.